The molecule has 1 nitrogen and oxygen atoms in total. The van der Waals surface area contributed by atoms with Gasteiger partial charge in [0.2, 0.25) is 0 Å². The maximum Gasteiger partial charge on any atom is 0.0661 e. The molecule has 0 N–H and O–H groups in total. The molecule has 0 unspecified atom stereocenters. The van der Waals surface area contributed by atoms with Gasteiger partial charge in [0.05, 0.1) is 5.69 Å². The molecule has 1 heteroatoms. The van der Waals surface area contributed by atoms with E-state index in [1.807, 2.05) is 42.6 Å². The van der Waals surface area contributed by atoms with Crippen LogP contribution in [-0.2, 0) is 0 Å². The van der Waals surface area contributed by atoms with Gasteiger partial charge in [-0.25, -0.2) is 0 Å². The lowest BCUT2D eigenvalue weighted by Gasteiger charge is -2.02. The number of aliphatic imine (C=N–C) groups is 1. The van der Waals surface area contributed by atoms with Crippen molar-refractivity contribution in [2.24, 2.45) is 4.99 Å². The minimum absolute atomic E-state index is 1.03. The lowest BCUT2D eigenvalue weighted by Crippen LogP contribution is -1.80. The number of nitrogens with zero attached hydrogens (tertiary/aromatic N) is 1. The molecule has 0 aliphatic heterocycles. The van der Waals surface area contributed by atoms with Gasteiger partial charge < -0.3 is 0 Å². The fraction of sp³-hybridized carbons (Fsp3) is 0.118. The number of hydrogen-bond donors (Lipinski definition) is 0. The molecule has 0 radical (unpaired) electrons. The second-order valence-electron chi connectivity index (χ2n) is 4.27. The predicted molar refractivity (Wildman–Crippen MR) is 79.5 cm³/mol. The molecular formula is C17H17N. The van der Waals surface area contributed by atoms with Crippen molar-refractivity contribution in [1.82, 2.24) is 0 Å². The van der Waals surface area contributed by atoms with Gasteiger partial charge >= 0.3 is 0 Å². The molecule has 0 aliphatic carbocycles. The van der Waals surface area contributed by atoms with Crippen LogP contribution in [0.25, 0.3) is 6.08 Å². The van der Waals surface area contributed by atoms with Crippen molar-refractivity contribution in [2.75, 3.05) is 0 Å². The highest BCUT2D eigenvalue weighted by molar-refractivity contribution is 5.80. The van der Waals surface area contributed by atoms with E-state index < -0.39 is 0 Å². The molecule has 0 saturated heterocycles. The summed E-state index contributed by atoms with van der Waals surface area (Å²) in [5.41, 5.74) is 4.73. The van der Waals surface area contributed by atoms with Gasteiger partial charge in [0.1, 0.15) is 0 Å². The van der Waals surface area contributed by atoms with Crippen molar-refractivity contribution in [2.45, 2.75) is 13.8 Å². The summed E-state index contributed by atoms with van der Waals surface area (Å²) in [5, 5.41) is 0. The van der Waals surface area contributed by atoms with Gasteiger partial charge in [0, 0.05) is 6.21 Å². The summed E-state index contributed by atoms with van der Waals surface area (Å²) in [6.07, 6.45) is 5.86. The normalized spacial score (nSPS) is 11.4. The van der Waals surface area contributed by atoms with Crippen LogP contribution < -0.4 is 0 Å². The van der Waals surface area contributed by atoms with E-state index in [1.165, 1.54) is 16.7 Å². The molecule has 0 saturated carbocycles. The Bertz CT molecular complexity index is 565. The highest BCUT2D eigenvalue weighted by Crippen LogP contribution is 2.20. The minimum Gasteiger partial charge on any atom is -0.257 e. The number of benzene rings is 2. The highest BCUT2D eigenvalue weighted by atomic mass is 14.7. The Labute approximate surface area is 109 Å². The van der Waals surface area contributed by atoms with Gasteiger partial charge in [-0.2, -0.15) is 0 Å². The summed E-state index contributed by atoms with van der Waals surface area (Å²) in [4.78, 5) is 4.47. The topological polar surface area (TPSA) is 12.4 Å². The van der Waals surface area contributed by atoms with E-state index in [2.05, 4.69) is 43.1 Å². The van der Waals surface area contributed by atoms with Crippen molar-refractivity contribution in [3.63, 3.8) is 0 Å². The third kappa shape index (κ3) is 3.17. The number of allylic oxidation sites excluding steroid dienone is 1. The molecule has 0 bridgehead atoms. The van der Waals surface area contributed by atoms with Crippen LogP contribution in [0.15, 0.2) is 59.6 Å². The molecule has 0 aliphatic rings. The summed E-state index contributed by atoms with van der Waals surface area (Å²) in [6.45, 7) is 4.21. The molecule has 0 atom stereocenters. The molecule has 2 aromatic rings. The maximum atomic E-state index is 4.47. The van der Waals surface area contributed by atoms with Gasteiger partial charge in [0.15, 0.2) is 0 Å². The summed E-state index contributed by atoms with van der Waals surface area (Å²) < 4.78 is 0. The van der Waals surface area contributed by atoms with Gasteiger partial charge in [-0.1, -0.05) is 48.5 Å². The summed E-state index contributed by atoms with van der Waals surface area (Å²) in [6, 6.07) is 16.4. The van der Waals surface area contributed by atoms with E-state index in [0.29, 0.717) is 0 Å². The number of hydrogen-bond acceptors (Lipinski definition) is 1. The fourth-order valence-electron chi connectivity index (χ4n) is 1.72. The highest BCUT2D eigenvalue weighted by Gasteiger charge is 1.96. The van der Waals surface area contributed by atoms with Gasteiger partial charge in [-0.15, -0.1) is 0 Å². The third-order valence-corrected chi connectivity index (χ3v) is 2.96. The first-order valence-electron chi connectivity index (χ1n) is 6.09. The van der Waals surface area contributed by atoms with Crippen LogP contribution in [0.3, 0.4) is 0 Å². The molecule has 0 aromatic heterocycles. The predicted octanol–water partition coefficient (Wildman–Crippen LogP) is 4.72. The molecule has 0 fully saturated rings. The third-order valence-electron chi connectivity index (χ3n) is 2.96. The van der Waals surface area contributed by atoms with Crippen LogP contribution in [0, 0.1) is 13.8 Å². The SMILES string of the molecule is Cc1cccc(N=C/C=C\c2ccccc2)c1C. The van der Waals surface area contributed by atoms with E-state index in [-0.39, 0.29) is 0 Å². The minimum atomic E-state index is 1.03. The van der Waals surface area contributed by atoms with Crippen LogP contribution >= 0.6 is 0 Å². The van der Waals surface area contributed by atoms with Gasteiger partial charge in [-0.05, 0) is 42.7 Å². The quantitative estimate of drug-likeness (QED) is 0.683. The first-order chi connectivity index (χ1) is 8.77. The van der Waals surface area contributed by atoms with Crippen molar-refractivity contribution < 1.29 is 0 Å². The zero-order chi connectivity index (χ0) is 12.8. The van der Waals surface area contributed by atoms with E-state index in [0.717, 1.165) is 5.69 Å². The summed E-state index contributed by atoms with van der Waals surface area (Å²) in [7, 11) is 0. The van der Waals surface area contributed by atoms with Crippen molar-refractivity contribution >= 4 is 18.0 Å². The summed E-state index contributed by atoms with van der Waals surface area (Å²) >= 11 is 0. The van der Waals surface area contributed by atoms with Crippen LogP contribution in [-0.4, -0.2) is 6.21 Å². The molecule has 2 rings (SSSR count). The van der Waals surface area contributed by atoms with Gasteiger partial charge in [0.25, 0.3) is 0 Å². The molecule has 0 heterocycles. The Kier molecular flexibility index (Phi) is 4.08. The van der Waals surface area contributed by atoms with E-state index in [9.17, 15) is 0 Å². The van der Waals surface area contributed by atoms with E-state index in [4.69, 9.17) is 0 Å². The van der Waals surface area contributed by atoms with Crippen LogP contribution in [0.1, 0.15) is 16.7 Å². The van der Waals surface area contributed by atoms with Crippen LogP contribution in [0.5, 0.6) is 0 Å². The van der Waals surface area contributed by atoms with Crippen LogP contribution in [0.4, 0.5) is 5.69 Å². The lowest BCUT2D eigenvalue weighted by molar-refractivity contribution is 1.31. The van der Waals surface area contributed by atoms with Crippen LogP contribution in [0.2, 0.25) is 0 Å². The lowest BCUT2D eigenvalue weighted by atomic mass is 10.1. The molecular weight excluding hydrogens is 218 g/mol. The molecule has 0 spiro atoms. The second kappa shape index (κ2) is 5.97. The maximum absolute atomic E-state index is 4.47. The smallest absolute Gasteiger partial charge is 0.0661 e. The average Bonchev–Trinajstić information content (AvgIpc) is 2.40. The van der Waals surface area contributed by atoms with Crippen molar-refractivity contribution in [3.05, 3.63) is 71.3 Å². The number of aryl methyl sites for hydroxylation is 1. The average molecular weight is 235 g/mol. The second-order valence-corrected chi connectivity index (χ2v) is 4.27. The zero-order valence-corrected chi connectivity index (χ0v) is 10.8. The Morgan fingerprint density at radius 2 is 1.67 bits per heavy atom. The Morgan fingerprint density at radius 1 is 0.889 bits per heavy atom. The fourth-order valence-corrected chi connectivity index (χ4v) is 1.72. The standard InChI is InChI=1S/C17H17N/c1-14-8-6-12-17(15(14)2)18-13-7-11-16-9-4-3-5-10-16/h3-13H,1-2H3/b11-7-,18-13?. The van der Waals surface area contributed by atoms with Gasteiger partial charge in [-0.3, -0.25) is 4.99 Å². The van der Waals surface area contributed by atoms with Crippen molar-refractivity contribution in [3.8, 4) is 0 Å². The molecule has 18 heavy (non-hydrogen) atoms. The van der Waals surface area contributed by atoms with E-state index in [1.54, 1.807) is 0 Å². The summed E-state index contributed by atoms with van der Waals surface area (Å²) in [5.74, 6) is 0. The van der Waals surface area contributed by atoms with Crippen molar-refractivity contribution in [1.29, 1.82) is 0 Å². The van der Waals surface area contributed by atoms with E-state index >= 15 is 0 Å². The first-order valence-corrected chi connectivity index (χ1v) is 6.09. The molecule has 90 valence electrons. The number of rotatable bonds is 3. The Balaban J connectivity index is 2.08. The first kappa shape index (κ1) is 12.3. The molecule has 2 aromatic carbocycles. The monoisotopic (exact) mass is 235 g/mol. The Morgan fingerprint density at radius 3 is 2.44 bits per heavy atom. The largest absolute Gasteiger partial charge is 0.257 e. The zero-order valence-electron chi connectivity index (χ0n) is 10.8. The Hall–Kier alpha value is -2.15. The molecule has 0 amide bonds.